The first kappa shape index (κ1) is 38.2. The molecule has 1 aromatic heterocycles. The zero-order chi connectivity index (χ0) is 39.2. The fourth-order valence-corrected chi connectivity index (χ4v) is 9.73. The van der Waals surface area contributed by atoms with Gasteiger partial charge in [-0.2, -0.15) is 0 Å². The van der Waals surface area contributed by atoms with E-state index in [-0.39, 0.29) is 31.4 Å². The molecule has 14 nitrogen and oxygen atoms in total. The Morgan fingerprint density at radius 1 is 1.02 bits per heavy atom. The third-order valence-electron chi connectivity index (χ3n) is 12.4. The zero-order valence-electron chi connectivity index (χ0n) is 32.0. The number of para-hydroxylation sites is 1. The van der Waals surface area contributed by atoms with Crippen molar-refractivity contribution in [3.63, 3.8) is 0 Å². The first-order valence-corrected chi connectivity index (χ1v) is 21.5. The van der Waals surface area contributed by atoms with Gasteiger partial charge in [0.25, 0.3) is 5.91 Å². The van der Waals surface area contributed by atoms with Crippen molar-refractivity contribution in [2.24, 2.45) is 11.8 Å². The Labute approximate surface area is 327 Å². The van der Waals surface area contributed by atoms with E-state index < -0.39 is 68.2 Å². The molecule has 4 heterocycles. The molecular weight excluding hydrogens is 739 g/mol. The number of hydrogen-bond donors (Lipinski definition) is 3. The van der Waals surface area contributed by atoms with E-state index in [0.717, 1.165) is 43.9 Å². The summed E-state index contributed by atoms with van der Waals surface area (Å²) < 4.78 is 46.0. The van der Waals surface area contributed by atoms with Crippen LogP contribution in [0.3, 0.4) is 0 Å². The number of ether oxygens (including phenoxy) is 3. The van der Waals surface area contributed by atoms with E-state index >= 15 is 0 Å². The van der Waals surface area contributed by atoms with Crippen molar-refractivity contribution >= 4 is 50.8 Å². The normalized spacial score (nSPS) is 32.8. The van der Waals surface area contributed by atoms with Gasteiger partial charge >= 0.3 is 6.09 Å². The lowest BCUT2D eigenvalue weighted by Gasteiger charge is -2.30. The molecule has 3 bridgehead atoms. The smallest absolute Gasteiger partial charge is 0.408 e. The van der Waals surface area contributed by atoms with Crippen LogP contribution in [0.4, 0.5) is 4.79 Å². The highest BCUT2D eigenvalue weighted by Gasteiger charge is 2.63. The number of amides is 4. The fraction of sp³-hybridized carbons (Fsp3) is 0.585. The molecule has 3 aliphatic heterocycles. The standard InChI is InChI=1S/C41H51N5O9S/c1-40(19-20-40)56(51,52)45-38(49)41-23-26(41)14-8-4-3-5-10-18-31-37(48)46-24-27(22-32(46)35(47)44-41)54-36-29(34(53-2)28-15-11-12-17-30(28)42-36)16-9-6-7-13-25-21-33(25)55-39(50)43-31/h8-9,11-12,14-17,25-27,31-33H,3-7,10,13,18-24H2,1-2H3,(H,43,50)(H,44,47)(H,45,49)/b14-8-,16-9+/t25-,26+,27-,31+,32+,33-,41-/m1/s1. The van der Waals surface area contributed by atoms with Gasteiger partial charge in [-0.05, 0) is 95.3 Å². The minimum absolute atomic E-state index is 0.00984. The summed E-state index contributed by atoms with van der Waals surface area (Å²) in [6.07, 6.45) is 13.9. The molecule has 3 saturated carbocycles. The number of nitrogens with one attached hydrogen (secondary N) is 3. The molecule has 0 unspecified atom stereocenters. The molecule has 1 aromatic carbocycles. The van der Waals surface area contributed by atoms with Crippen LogP contribution in [0.5, 0.6) is 11.6 Å². The Hall–Kier alpha value is -4.66. The summed E-state index contributed by atoms with van der Waals surface area (Å²) in [5.41, 5.74) is -0.225. The summed E-state index contributed by atoms with van der Waals surface area (Å²) in [5, 5.41) is 6.56. The van der Waals surface area contributed by atoms with Crippen LogP contribution in [-0.2, 0) is 29.1 Å². The van der Waals surface area contributed by atoms with E-state index in [9.17, 15) is 27.6 Å². The molecule has 56 heavy (non-hydrogen) atoms. The van der Waals surface area contributed by atoms with Crippen LogP contribution in [0.1, 0.15) is 96.0 Å². The highest BCUT2D eigenvalue weighted by molar-refractivity contribution is 7.91. The highest BCUT2D eigenvalue weighted by Crippen LogP contribution is 2.48. The van der Waals surface area contributed by atoms with Crippen molar-refractivity contribution in [1.82, 2.24) is 25.2 Å². The number of allylic oxidation sites excluding steroid dienone is 2. The SMILES string of the molecule is COc1c2c(nc3ccccc13)O[C@@H]1C[C@H]3C(=O)N[C@]4(C(=O)NS(=O)(=O)C5(C)CC5)C[C@@H]4/C=C\CCCCC[C@H](NC(=O)O[C@@H]4C[C@H]4CCC/C=C/2)C(=O)N3C1. The summed E-state index contributed by atoms with van der Waals surface area (Å²) in [5.74, 6) is -1.17. The molecule has 3 N–H and O–H groups in total. The van der Waals surface area contributed by atoms with E-state index in [0.29, 0.717) is 54.8 Å². The maximum atomic E-state index is 14.6. The summed E-state index contributed by atoms with van der Waals surface area (Å²) in [6.45, 7) is 1.59. The molecule has 2 aromatic rings. The second-order valence-electron chi connectivity index (χ2n) is 16.6. The summed E-state index contributed by atoms with van der Waals surface area (Å²) in [7, 11) is -2.39. The average molecular weight is 790 g/mol. The lowest BCUT2D eigenvalue weighted by molar-refractivity contribution is -0.141. The molecule has 7 atom stereocenters. The zero-order valence-corrected chi connectivity index (χ0v) is 32.8. The predicted molar refractivity (Wildman–Crippen MR) is 207 cm³/mol. The van der Waals surface area contributed by atoms with E-state index in [1.807, 2.05) is 48.6 Å². The lowest BCUT2D eigenvalue weighted by atomic mass is 10.0. The second kappa shape index (κ2) is 15.0. The molecule has 6 aliphatic rings. The molecule has 1 saturated heterocycles. The van der Waals surface area contributed by atoms with Gasteiger partial charge in [-0.1, -0.05) is 43.2 Å². The number of methoxy groups -OCH3 is 1. The third kappa shape index (κ3) is 7.58. The lowest BCUT2D eigenvalue weighted by Crippen LogP contribution is -2.58. The summed E-state index contributed by atoms with van der Waals surface area (Å²) in [4.78, 5) is 62.6. The van der Waals surface area contributed by atoms with Crippen molar-refractivity contribution in [2.45, 2.75) is 125 Å². The molecule has 0 radical (unpaired) electrons. The van der Waals surface area contributed by atoms with Crippen molar-refractivity contribution in [2.75, 3.05) is 13.7 Å². The Morgan fingerprint density at radius 2 is 1.82 bits per heavy atom. The Kier molecular flexibility index (Phi) is 10.2. The maximum Gasteiger partial charge on any atom is 0.408 e. The first-order valence-electron chi connectivity index (χ1n) is 20.0. The van der Waals surface area contributed by atoms with Gasteiger partial charge in [-0.3, -0.25) is 19.1 Å². The van der Waals surface area contributed by atoms with E-state index in [2.05, 4.69) is 15.4 Å². The van der Waals surface area contributed by atoms with E-state index in [4.69, 9.17) is 19.2 Å². The van der Waals surface area contributed by atoms with Crippen molar-refractivity contribution < 1.29 is 41.8 Å². The van der Waals surface area contributed by atoms with E-state index in [1.54, 1.807) is 14.0 Å². The van der Waals surface area contributed by atoms with Crippen LogP contribution >= 0.6 is 0 Å². The van der Waals surface area contributed by atoms with Crippen LogP contribution in [0.2, 0.25) is 0 Å². The monoisotopic (exact) mass is 789 g/mol. The van der Waals surface area contributed by atoms with Gasteiger partial charge in [0.05, 0.1) is 29.5 Å². The molecule has 3 aliphatic carbocycles. The second-order valence-corrected chi connectivity index (χ2v) is 18.8. The number of nitrogens with zero attached hydrogens (tertiary/aromatic N) is 2. The highest BCUT2D eigenvalue weighted by atomic mass is 32.2. The molecular formula is C41H51N5O9S. The van der Waals surface area contributed by atoms with Gasteiger partial charge in [0.1, 0.15) is 35.6 Å². The van der Waals surface area contributed by atoms with Gasteiger partial charge in [0.2, 0.25) is 27.7 Å². The number of fused-ring (bicyclic) bond motifs is 6. The number of carbonyl (C=O) groups is 4. The van der Waals surface area contributed by atoms with Gasteiger partial charge in [0, 0.05) is 17.7 Å². The van der Waals surface area contributed by atoms with Crippen molar-refractivity contribution in [3.8, 4) is 11.6 Å². The van der Waals surface area contributed by atoms with Gasteiger partial charge in [-0.25, -0.2) is 18.2 Å². The number of benzene rings is 1. The minimum Gasteiger partial charge on any atom is -0.495 e. The Bertz CT molecular complexity index is 2080. The average Bonchev–Trinajstić information content (AvgIpc) is 4.13. The third-order valence-corrected chi connectivity index (χ3v) is 14.6. The summed E-state index contributed by atoms with van der Waals surface area (Å²) in [6, 6.07) is 5.50. The van der Waals surface area contributed by atoms with Gasteiger partial charge < -0.3 is 29.7 Å². The first-order chi connectivity index (χ1) is 26.9. The van der Waals surface area contributed by atoms with Crippen LogP contribution in [0, 0.1) is 11.8 Å². The molecule has 300 valence electrons. The molecule has 4 fully saturated rings. The molecule has 15 heteroatoms. The van der Waals surface area contributed by atoms with Gasteiger partial charge in [-0.15, -0.1) is 0 Å². The fourth-order valence-electron chi connectivity index (χ4n) is 8.42. The molecule has 4 amide bonds. The minimum atomic E-state index is -3.99. The van der Waals surface area contributed by atoms with E-state index in [1.165, 1.54) is 4.90 Å². The number of rotatable bonds is 4. The number of carbonyl (C=O) groups excluding carboxylic acids is 4. The number of alkyl carbamates (subject to hydrolysis) is 1. The van der Waals surface area contributed by atoms with Crippen molar-refractivity contribution in [3.05, 3.63) is 48.1 Å². The number of aromatic nitrogens is 1. The molecule has 8 rings (SSSR count). The van der Waals surface area contributed by atoms with Crippen molar-refractivity contribution in [1.29, 1.82) is 0 Å². The summed E-state index contributed by atoms with van der Waals surface area (Å²) >= 11 is 0. The van der Waals surface area contributed by atoms with Gasteiger partial charge in [0.15, 0.2) is 0 Å². The molecule has 0 spiro atoms. The number of hydrogen-bond acceptors (Lipinski definition) is 10. The number of sulfonamides is 1. The Balaban J connectivity index is 1.15. The Morgan fingerprint density at radius 3 is 2.62 bits per heavy atom. The quantitative estimate of drug-likeness (QED) is 0.369. The largest absolute Gasteiger partial charge is 0.495 e. The topological polar surface area (TPSA) is 182 Å². The van der Waals surface area contributed by atoms with Crippen LogP contribution < -0.4 is 24.8 Å². The van der Waals surface area contributed by atoms with Crippen LogP contribution in [-0.4, -0.2) is 90.3 Å². The maximum absolute atomic E-state index is 14.6. The van der Waals surface area contributed by atoms with Crippen LogP contribution in [0.15, 0.2) is 42.5 Å². The predicted octanol–water partition coefficient (Wildman–Crippen LogP) is 4.67. The van der Waals surface area contributed by atoms with Crippen LogP contribution in [0.25, 0.3) is 17.0 Å². The number of pyridine rings is 1.